The minimum absolute atomic E-state index is 0.0461. The summed E-state index contributed by atoms with van der Waals surface area (Å²) < 4.78 is 4.98. The van der Waals surface area contributed by atoms with Crippen molar-refractivity contribution in [1.29, 1.82) is 5.26 Å². The Balaban J connectivity index is 2.88. The van der Waals surface area contributed by atoms with Gasteiger partial charge in [-0.05, 0) is 12.1 Å². The molecule has 0 fully saturated rings. The van der Waals surface area contributed by atoms with Crippen LogP contribution in [0.15, 0.2) is 18.2 Å². The maximum Gasteiger partial charge on any atom is 0.312 e. The van der Waals surface area contributed by atoms with Crippen molar-refractivity contribution < 1.29 is 19.6 Å². The molecule has 0 heterocycles. The summed E-state index contributed by atoms with van der Waals surface area (Å²) in [5.74, 6) is -1.10. The second-order valence-corrected chi connectivity index (χ2v) is 3.04. The number of hydrogen-bond donors (Lipinski definition) is 1. The maximum absolute atomic E-state index is 10.7. The quantitative estimate of drug-likeness (QED) is 0.609. The number of nitro groups is 1. The van der Waals surface area contributed by atoms with E-state index in [4.69, 9.17) is 15.1 Å². The molecule has 0 atom stereocenters. The number of benzene rings is 1. The summed E-state index contributed by atoms with van der Waals surface area (Å²) >= 11 is 0. The topological polar surface area (TPSA) is 113 Å². The average molecular weight is 236 g/mol. The molecule has 0 aliphatic carbocycles. The number of hydrogen-bond acceptors (Lipinski definition) is 5. The Morgan fingerprint density at radius 1 is 1.59 bits per heavy atom. The van der Waals surface area contributed by atoms with Crippen molar-refractivity contribution in [2.45, 2.75) is 6.42 Å². The van der Waals surface area contributed by atoms with Gasteiger partial charge in [0.15, 0.2) is 5.75 Å². The molecule has 7 heteroatoms. The van der Waals surface area contributed by atoms with Gasteiger partial charge in [0.2, 0.25) is 0 Å². The number of ether oxygens (including phenoxy) is 1. The predicted octanol–water partition coefficient (Wildman–Crippen LogP) is 1.32. The van der Waals surface area contributed by atoms with Crippen LogP contribution in [0.3, 0.4) is 0 Å². The molecule has 1 N–H and O–H groups in total. The SMILES string of the molecule is N#Cc1ccc(OCCC(=O)O)c([N+](=O)[O-])c1. The van der Waals surface area contributed by atoms with Gasteiger partial charge in [0.1, 0.15) is 0 Å². The number of carboxylic acid groups (broad SMARTS) is 1. The van der Waals surface area contributed by atoms with E-state index in [2.05, 4.69) is 0 Å². The van der Waals surface area contributed by atoms with Crippen molar-refractivity contribution >= 4 is 11.7 Å². The van der Waals surface area contributed by atoms with Gasteiger partial charge in [0, 0.05) is 6.07 Å². The Morgan fingerprint density at radius 2 is 2.29 bits per heavy atom. The minimum Gasteiger partial charge on any atom is -0.486 e. The number of nitro benzene ring substituents is 1. The highest BCUT2D eigenvalue weighted by atomic mass is 16.6. The van der Waals surface area contributed by atoms with E-state index in [1.54, 1.807) is 6.07 Å². The molecule has 17 heavy (non-hydrogen) atoms. The molecule has 0 aromatic heterocycles. The zero-order valence-electron chi connectivity index (χ0n) is 8.62. The first-order valence-electron chi connectivity index (χ1n) is 4.57. The Kier molecular flexibility index (Phi) is 4.00. The van der Waals surface area contributed by atoms with Crippen molar-refractivity contribution in [3.05, 3.63) is 33.9 Å². The summed E-state index contributed by atoms with van der Waals surface area (Å²) in [5, 5.41) is 27.7. The minimum atomic E-state index is -1.05. The molecule has 0 aliphatic heterocycles. The first kappa shape index (κ1) is 12.4. The predicted molar refractivity (Wildman–Crippen MR) is 55.6 cm³/mol. The van der Waals surface area contributed by atoms with E-state index < -0.39 is 10.9 Å². The first-order chi connectivity index (χ1) is 8.04. The number of nitrogens with zero attached hydrogens (tertiary/aromatic N) is 2. The third kappa shape index (κ3) is 3.46. The van der Waals surface area contributed by atoms with Crippen molar-refractivity contribution in [2.24, 2.45) is 0 Å². The Bertz CT molecular complexity index is 492. The fourth-order valence-electron chi connectivity index (χ4n) is 1.10. The average Bonchev–Trinajstić information content (AvgIpc) is 2.28. The van der Waals surface area contributed by atoms with Crippen LogP contribution in [-0.4, -0.2) is 22.6 Å². The van der Waals surface area contributed by atoms with Crippen molar-refractivity contribution in [3.8, 4) is 11.8 Å². The van der Waals surface area contributed by atoms with Gasteiger partial charge in [-0.15, -0.1) is 0 Å². The summed E-state index contributed by atoms with van der Waals surface area (Å²) in [6.07, 6.45) is -0.253. The van der Waals surface area contributed by atoms with Crippen molar-refractivity contribution in [1.82, 2.24) is 0 Å². The summed E-state index contributed by atoms with van der Waals surface area (Å²) in [4.78, 5) is 20.3. The molecule has 0 radical (unpaired) electrons. The molecule has 7 nitrogen and oxygen atoms in total. The lowest BCUT2D eigenvalue weighted by Crippen LogP contribution is -2.06. The molecule has 1 rings (SSSR count). The molecular formula is C10H8N2O5. The fourth-order valence-corrected chi connectivity index (χ4v) is 1.10. The molecule has 88 valence electrons. The normalized spacial score (nSPS) is 9.35. The molecular weight excluding hydrogens is 228 g/mol. The zero-order chi connectivity index (χ0) is 12.8. The van der Waals surface area contributed by atoms with Crippen LogP contribution >= 0.6 is 0 Å². The standard InChI is InChI=1S/C10H8N2O5/c11-6-7-1-2-9(8(5-7)12(15)16)17-4-3-10(13)14/h1-2,5H,3-4H2,(H,13,14). The lowest BCUT2D eigenvalue weighted by molar-refractivity contribution is -0.385. The van der Waals surface area contributed by atoms with E-state index in [9.17, 15) is 14.9 Å². The van der Waals surface area contributed by atoms with Gasteiger partial charge in [0.25, 0.3) is 0 Å². The molecule has 0 spiro atoms. The van der Waals surface area contributed by atoms with Crippen LogP contribution in [0.4, 0.5) is 5.69 Å². The Morgan fingerprint density at radius 3 is 2.82 bits per heavy atom. The highest BCUT2D eigenvalue weighted by molar-refractivity contribution is 5.66. The smallest absolute Gasteiger partial charge is 0.312 e. The number of nitriles is 1. The lowest BCUT2D eigenvalue weighted by atomic mass is 10.2. The number of carbonyl (C=O) groups is 1. The van der Waals surface area contributed by atoms with Gasteiger partial charge >= 0.3 is 11.7 Å². The van der Waals surface area contributed by atoms with Gasteiger partial charge in [0.05, 0.1) is 29.6 Å². The molecule has 0 amide bonds. The third-order valence-electron chi connectivity index (χ3n) is 1.86. The molecule has 1 aromatic rings. The number of rotatable bonds is 5. The van der Waals surface area contributed by atoms with Crippen LogP contribution in [0.25, 0.3) is 0 Å². The number of aliphatic carboxylic acids is 1. The molecule has 1 aromatic carbocycles. The molecule has 0 saturated carbocycles. The van der Waals surface area contributed by atoms with Crippen molar-refractivity contribution in [3.63, 3.8) is 0 Å². The summed E-state index contributed by atoms with van der Waals surface area (Å²) in [5.41, 5.74) is -0.211. The largest absolute Gasteiger partial charge is 0.486 e. The monoisotopic (exact) mass is 236 g/mol. The van der Waals surface area contributed by atoms with E-state index >= 15 is 0 Å². The van der Waals surface area contributed by atoms with E-state index in [0.29, 0.717) is 0 Å². The second-order valence-electron chi connectivity index (χ2n) is 3.04. The van der Waals surface area contributed by atoms with E-state index in [1.165, 1.54) is 12.1 Å². The van der Waals surface area contributed by atoms with E-state index in [1.807, 2.05) is 0 Å². The first-order valence-corrected chi connectivity index (χ1v) is 4.57. The van der Waals surface area contributed by atoms with Crippen LogP contribution in [-0.2, 0) is 4.79 Å². The van der Waals surface area contributed by atoms with Crippen LogP contribution in [0.1, 0.15) is 12.0 Å². The molecule has 0 bridgehead atoms. The van der Waals surface area contributed by atoms with Gasteiger partial charge in [-0.25, -0.2) is 0 Å². The molecule has 0 aliphatic rings. The van der Waals surface area contributed by atoms with E-state index in [0.717, 1.165) is 6.07 Å². The van der Waals surface area contributed by atoms with Gasteiger partial charge in [-0.1, -0.05) is 0 Å². The zero-order valence-corrected chi connectivity index (χ0v) is 8.62. The molecule has 0 saturated heterocycles. The van der Waals surface area contributed by atoms with E-state index in [-0.39, 0.29) is 30.0 Å². The highest BCUT2D eigenvalue weighted by Crippen LogP contribution is 2.27. The van der Waals surface area contributed by atoms with Crippen LogP contribution < -0.4 is 4.74 Å². The number of carboxylic acids is 1. The Hall–Kier alpha value is -2.62. The fraction of sp³-hybridized carbons (Fsp3) is 0.200. The van der Waals surface area contributed by atoms with Gasteiger partial charge in [-0.2, -0.15) is 5.26 Å². The van der Waals surface area contributed by atoms with Gasteiger partial charge in [-0.3, -0.25) is 14.9 Å². The van der Waals surface area contributed by atoms with Gasteiger partial charge < -0.3 is 9.84 Å². The van der Waals surface area contributed by atoms with Crippen LogP contribution in [0, 0.1) is 21.4 Å². The summed E-state index contributed by atoms with van der Waals surface area (Å²) in [7, 11) is 0. The van der Waals surface area contributed by atoms with Crippen molar-refractivity contribution in [2.75, 3.05) is 6.61 Å². The lowest BCUT2D eigenvalue weighted by Gasteiger charge is -2.05. The Labute approximate surface area is 96.0 Å². The van der Waals surface area contributed by atoms with Crippen LogP contribution in [0.5, 0.6) is 5.75 Å². The van der Waals surface area contributed by atoms with Crippen LogP contribution in [0.2, 0.25) is 0 Å². The second kappa shape index (κ2) is 5.46. The highest BCUT2D eigenvalue weighted by Gasteiger charge is 2.16. The summed E-state index contributed by atoms with van der Waals surface area (Å²) in [6.45, 7) is -0.165. The third-order valence-corrected chi connectivity index (χ3v) is 1.86. The molecule has 0 unspecified atom stereocenters. The summed E-state index contributed by atoms with van der Waals surface area (Å²) in [6, 6.07) is 5.49. The maximum atomic E-state index is 10.7.